The average Bonchev–Trinajstić information content (AvgIpc) is 2.68. The van der Waals surface area contributed by atoms with E-state index in [1.54, 1.807) is 25.1 Å². The van der Waals surface area contributed by atoms with E-state index < -0.39 is 10.0 Å². The Morgan fingerprint density at radius 2 is 2.00 bits per heavy atom. The van der Waals surface area contributed by atoms with Gasteiger partial charge in [-0.2, -0.15) is 5.10 Å². The molecule has 0 aliphatic heterocycles. The summed E-state index contributed by atoms with van der Waals surface area (Å²) in [5.74, 6) is 0.352. The molecule has 0 spiro atoms. The number of H-pyrrole nitrogens is 1. The third-order valence-electron chi connectivity index (χ3n) is 2.37. The summed E-state index contributed by atoms with van der Waals surface area (Å²) in [7, 11) is -3.55. The Balaban J connectivity index is 2.38. The zero-order valence-corrected chi connectivity index (χ0v) is 10.4. The topological polar surface area (TPSA) is 74.8 Å². The number of rotatable bonds is 3. The molecule has 90 valence electrons. The highest BCUT2D eigenvalue weighted by Crippen LogP contribution is 2.18. The molecule has 0 unspecified atom stereocenters. The molecule has 0 bridgehead atoms. The normalized spacial score (nSPS) is 11.4. The summed E-state index contributed by atoms with van der Waals surface area (Å²) >= 11 is 0. The van der Waals surface area contributed by atoms with Gasteiger partial charge in [0.1, 0.15) is 5.82 Å². The molecule has 2 N–H and O–H groups in total. The molecule has 1 aromatic heterocycles. The van der Waals surface area contributed by atoms with Gasteiger partial charge in [0.05, 0.1) is 11.1 Å². The van der Waals surface area contributed by atoms with Crippen LogP contribution in [0.2, 0.25) is 0 Å². The van der Waals surface area contributed by atoms with Gasteiger partial charge < -0.3 is 0 Å². The molecule has 1 aromatic carbocycles. The summed E-state index contributed by atoms with van der Waals surface area (Å²) < 4.78 is 26.6. The minimum Gasteiger partial charge on any atom is -0.264 e. The highest BCUT2D eigenvalue weighted by molar-refractivity contribution is 7.92. The quantitative estimate of drug-likeness (QED) is 0.873. The van der Waals surface area contributed by atoms with Crippen molar-refractivity contribution in [2.24, 2.45) is 0 Å². The number of sulfonamides is 1. The van der Waals surface area contributed by atoms with Crippen molar-refractivity contribution >= 4 is 15.8 Å². The van der Waals surface area contributed by atoms with Gasteiger partial charge >= 0.3 is 0 Å². The fraction of sp³-hybridized carbons (Fsp3) is 0.182. The molecule has 0 aliphatic rings. The highest BCUT2D eigenvalue weighted by Gasteiger charge is 2.17. The van der Waals surface area contributed by atoms with Crippen LogP contribution in [0.15, 0.2) is 35.4 Å². The first-order valence-corrected chi connectivity index (χ1v) is 6.57. The van der Waals surface area contributed by atoms with Gasteiger partial charge in [-0.25, -0.2) is 8.42 Å². The van der Waals surface area contributed by atoms with Gasteiger partial charge in [-0.15, -0.1) is 0 Å². The Morgan fingerprint density at radius 1 is 1.24 bits per heavy atom. The summed E-state index contributed by atoms with van der Waals surface area (Å²) in [6, 6.07) is 6.76. The number of aromatic amines is 1. The summed E-state index contributed by atoms with van der Waals surface area (Å²) in [5, 5.41) is 6.24. The Hall–Kier alpha value is -1.82. The maximum absolute atomic E-state index is 12.1. The first-order valence-electron chi connectivity index (χ1n) is 5.08. The molecule has 1 heterocycles. The Kier molecular flexibility index (Phi) is 2.89. The van der Waals surface area contributed by atoms with Gasteiger partial charge in [0.2, 0.25) is 0 Å². The van der Waals surface area contributed by atoms with E-state index in [9.17, 15) is 8.42 Å². The SMILES string of the molecule is Cc1ccc(S(=O)(=O)Nc2ccn[nH]2)c(C)c1. The lowest BCUT2D eigenvalue weighted by atomic mass is 10.2. The van der Waals surface area contributed by atoms with Crippen LogP contribution in [0.5, 0.6) is 0 Å². The van der Waals surface area contributed by atoms with Crippen LogP contribution in [0.25, 0.3) is 0 Å². The second-order valence-corrected chi connectivity index (χ2v) is 5.50. The van der Waals surface area contributed by atoms with Crippen LogP contribution in [0.1, 0.15) is 11.1 Å². The average molecular weight is 251 g/mol. The minimum atomic E-state index is -3.55. The number of aromatic nitrogens is 2. The molecular formula is C11H13N3O2S. The molecule has 5 nitrogen and oxygen atoms in total. The van der Waals surface area contributed by atoms with Crippen LogP contribution >= 0.6 is 0 Å². The van der Waals surface area contributed by atoms with Crippen molar-refractivity contribution in [1.82, 2.24) is 10.2 Å². The zero-order chi connectivity index (χ0) is 12.5. The third kappa shape index (κ3) is 2.47. The van der Waals surface area contributed by atoms with Gasteiger partial charge in [-0.1, -0.05) is 17.7 Å². The first-order chi connectivity index (χ1) is 7.99. The molecule has 17 heavy (non-hydrogen) atoms. The molecule has 6 heteroatoms. The molecule has 0 saturated heterocycles. The van der Waals surface area contributed by atoms with Gasteiger partial charge in [0, 0.05) is 6.07 Å². The van der Waals surface area contributed by atoms with Crippen LogP contribution in [-0.4, -0.2) is 18.6 Å². The van der Waals surface area contributed by atoms with E-state index in [1.165, 1.54) is 6.20 Å². The van der Waals surface area contributed by atoms with Gasteiger partial charge in [0.15, 0.2) is 0 Å². The Morgan fingerprint density at radius 3 is 2.59 bits per heavy atom. The van der Waals surface area contributed by atoms with Crippen LogP contribution in [0, 0.1) is 13.8 Å². The van der Waals surface area contributed by atoms with E-state index in [2.05, 4.69) is 14.9 Å². The Labute approximate surface area is 99.9 Å². The number of hydrogen-bond donors (Lipinski definition) is 2. The van der Waals surface area contributed by atoms with Crippen molar-refractivity contribution in [3.05, 3.63) is 41.6 Å². The van der Waals surface area contributed by atoms with Gasteiger partial charge in [0.25, 0.3) is 10.0 Å². The molecule has 2 aromatic rings. The molecule has 0 radical (unpaired) electrons. The Bertz CT molecular complexity index is 618. The molecule has 2 rings (SSSR count). The van der Waals surface area contributed by atoms with E-state index in [0.717, 1.165) is 11.1 Å². The summed E-state index contributed by atoms with van der Waals surface area (Å²) in [6.45, 7) is 3.69. The maximum atomic E-state index is 12.1. The molecular weight excluding hydrogens is 238 g/mol. The fourth-order valence-corrected chi connectivity index (χ4v) is 2.86. The predicted molar refractivity (Wildman–Crippen MR) is 65.3 cm³/mol. The molecule has 0 atom stereocenters. The van der Waals surface area contributed by atoms with E-state index in [0.29, 0.717) is 5.82 Å². The fourth-order valence-electron chi connectivity index (χ4n) is 1.61. The van der Waals surface area contributed by atoms with Crippen molar-refractivity contribution in [1.29, 1.82) is 0 Å². The van der Waals surface area contributed by atoms with E-state index in [1.807, 2.05) is 13.0 Å². The largest absolute Gasteiger partial charge is 0.264 e. The monoisotopic (exact) mass is 251 g/mol. The summed E-state index contributed by atoms with van der Waals surface area (Å²) in [5.41, 5.74) is 1.75. The second kappa shape index (κ2) is 4.21. The number of nitrogens with one attached hydrogen (secondary N) is 2. The van der Waals surface area contributed by atoms with Crippen LogP contribution in [0.3, 0.4) is 0 Å². The summed E-state index contributed by atoms with van der Waals surface area (Å²) in [4.78, 5) is 0.276. The molecule has 0 aliphatic carbocycles. The molecule has 0 fully saturated rings. The maximum Gasteiger partial charge on any atom is 0.263 e. The minimum absolute atomic E-state index is 0.276. The zero-order valence-electron chi connectivity index (χ0n) is 9.56. The smallest absolute Gasteiger partial charge is 0.263 e. The molecule has 0 saturated carbocycles. The van der Waals surface area contributed by atoms with E-state index in [-0.39, 0.29) is 4.90 Å². The third-order valence-corrected chi connectivity index (χ3v) is 3.89. The van der Waals surface area contributed by atoms with Crippen molar-refractivity contribution in [2.75, 3.05) is 4.72 Å². The van der Waals surface area contributed by atoms with Crippen LogP contribution in [-0.2, 0) is 10.0 Å². The van der Waals surface area contributed by atoms with Crippen LogP contribution in [0.4, 0.5) is 5.82 Å². The molecule has 0 amide bonds. The lowest BCUT2D eigenvalue weighted by Crippen LogP contribution is -2.14. The van der Waals surface area contributed by atoms with E-state index in [4.69, 9.17) is 0 Å². The summed E-state index contributed by atoms with van der Waals surface area (Å²) in [6.07, 6.45) is 1.49. The standard InChI is InChI=1S/C11H13N3O2S/c1-8-3-4-10(9(2)7-8)17(15,16)14-11-5-6-12-13-11/h3-7H,1-2H3,(H2,12,13,14). The second-order valence-electron chi connectivity index (χ2n) is 3.84. The first kappa shape index (κ1) is 11.7. The number of anilines is 1. The van der Waals surface area contributed by atoms with Gasteiger partial charge in [-0.05, 0) is 25.5 Å². The van der Waals surface area contributed by atoms with Crippen molar-refractivity contribution < 1.29 is 8.42 Å². The lowest BCUT2D eigenvalue weighted by molar-refractivity contribution is 0.600. The van der Waals surface area contributed by atoms with Crippen molar-refractivity contribution in [2.45, 2.75) is 18.7 Å². The predicted octanol–water partition coefficient (Wildman–Crippen LogP) is 1.83. The number of nitrogens with zero attached hydrogens (tertiary/aromatic N) is 1. The van der Waals surface area contributed by atoms with Crippen molar-refractivity contribution in [3.8, 4) is 0 Å². The van der Waals surface area contributed by atoms with Crippen molar-refractivity contribution in [3.63, 3.8) is 0 Å². The number of benzene rings is 1. The van der Waals surface area contributed by atoms with Crippen LogP contribution < -0.4 is 4.72 Å². The number of hydrogen-bond acceptors (Lipinski definition) is 3. The van der Waals surface area contributed by atoms with Gasteiger partial charge in [-0.3, -0.25) is 9.82 Å². The number of aryl methyl sites for hydroxylation is 2. The van der Waals surface area contributed by atoms with E-state index >= 15 is 0 Å². The lowest BCUT2D eigenvalue weighted by Gasteiger charge is -2.09. The highest BCUT2D eigenvalue weighted by atomic mass is 32.2.